The van der Waals surface area contributed by atoms with Gasteiger partial charge in [-0.2, -0.15) is 5.26 Å². The zero-order valence-corrected chi connectivity index (χ0v) is 14.1. The van der Waals surface area contributed by atoms with Crippen LogP contribution in [0.5, 0.6) is 0 Å². The first-order valence-electron chi connectivity index (χ1n) is 7.89. The summed E-state index contributed by atoms with van der Waals surface area (Å²) in [6.45, 7) is 0.743. The molecule has 1 atom stereocenters. The summed E-state index contributed by atoms with van der Waals surface area (Å²) in [6.07, 6.45) is 4.75. The van der Waals surface area contributed by atoms with E-state index in [1.165, 1.54) is 10.6 Å². The van der Waals surface area contributed by atoms with Gasteiger partial charge >= 0.3 is 0 Å². The van der Waals surface area contributed by atoms with E-state index in [0.29, 0.717) is 24.4 Å². The first kappa shape index (κ1) is 15.9. The Bertz CT molecular complexity index is 1090. The molecule has 0 aliphatic carbocycles. The van der Waals surface area contributed by atoms with Crippen molar-refractivity contribution in [3.8, 4) is 6.07 Å². The zero-order valence-electron chi connectivity index (χ0n) is 13.3. The van der Waals surface area contributed by atoms with Crippen LogP contribution >= 0.6 is 0 Å². The second-order valence-electron chi connectivity index (χ2n) is 6.01. The lowest BCUT2D eigenvalue weighted by Gasteiger charge is -2.31. The highest BCUT2D eigenvalue weighted by Gasteiger charge is 2.31. The topological polar surface area (TPSA) is 129 Å². The van der Waals surface area contributed by atoms with Gasteiger partial charge in [0.05, 0.1) is 17.1 Å². The quantitative estimate of drug-likeness (QED) is 0.738. The van der Waals surface area contributed by atoms with Crippen LogP contribution < -0.4 is 0 Å². The molecule has 1 unspecified atom stereocenters. The molecule has 0 aromatic carbocycles. The van der Waals surface area contributed by atoms with Crippen LogP contribution in [0, 0.1) is 11.3 Å². The van der Waals surface area contributed by atoms with E-state index < -0.39 is 15.8 Å². The Morgan fingerprint density at radius 1 is 1.36 bits per heavy atom. The normalized spacial score (nSPS) is 19.2. The number of nitrogens with zero attached hydrogens (tertiary/aromatic N) is 6. The largest absolute Gasteiger partial charge is 0.345 e. The third-order valence-electron chi connectivity index (χ3n) is 4.51. The lowest BCUT2D eigenvalue weighted by molar-refractivity contribution is 0.314. The highest BCUT2D eigenvalue weighted by Crippen LogP contribution is 2.33. The number of nitriles is 1. The molecule has 4 heterocycles. The molecule has 1 aliphatic heterocycles. The number of piperidine rings is 1. The van der Waals surface area contributed by atoms with Crippen LogP contribution in [-0.4, -0.2) is 56.7 Å². The van der Waals surface area contributed by atoms with Crippen LogP contribution in [0.4, 0.5) is 0 Å². The number of nitrogens with one attached hydrogen (secondary N) is 1. The molecule has 0 bridgehead atoms. The van der Waals surface area contributed by atoms with Crippen molar-refractivity contribution < 1.29 is 8.42 Å². The third-order valence-corrected chi connectivity index (χ3v) is 6.12. The molecule has 128 valence electrons. The summed E-state index contributed by atoms with van der Waals surface area (Å²) < 4.78 is 25.9. The van der Waals surface area contributed by atoms with Crippen molar-refractivity contribution in [1.82, 2.24) is 29.5 Å². The highest BCUT2D eigenvalue weighted by atomic mass is 32.2. The summed E-state index contributed by atoms with van der Waals surface area (Å²) in [5.41, 5.74) is 1.92. The number of H-pyrrole nitrogens is 1. The molecule has 4 rings (SSSR count). The molecule has 1 aliphatic rings. The van der Waals surface area contributed by atoms with Crippen LogP contribution in [0.1, 0.15) is 24.5 Å². The number of hydrogen-bond acceptors (Lipinski definition) is 7. The number of aromatic amines is 1. The van der Waals surface area contributed by atoms with Crippen LogP contribution in [0.15, 0.2) is 18.6 Å². The van der Waals surface area contributed by atoms with E-state index in [0.717, 1.165) is 29.3 Å². The maximum atomic E-state index is 12.2. The Balaban J connectivity index is 1.79. The summed E-state index contributed by atoms with van der Waals surface area (Å²) in [4.78, 5) is 11.7. The average molecular weight is 357 g/mol. The summed E-state index contributed by atoms with van der Waals surface area (Å²) >= 11 is 0. The van der Waals surface area contributed by atoms with Gasteiger partial charge in [-0.15, -0.1) is 10.2 Å². The number of aromatic nitrogens is 5. The molecule has 0 radical (unpaired) electrons. The van der Waals surface area contributed by atoms with Crippen LogP contribution in [0.2, 0.25) is 0 Å². The number of rotatable bonds is 3. The summed E-state index contributed by atoms with van der Waals surface area (Å²) in [5, 5.41) is 18.7. The van der Waals surface area contributed by atoms with Gasteiger partial charge in [0, 0.05) is 30.6 Å². The highest BCUT2D eigenvalue weighted by molar-refractivity contribution is 7.89. The average Bonchev–Trinajstić information content (AvgIpc) is 3.10. The molecule has 1 saturated heterocycles. The molecule has 0 spiro atoms. The molecule has 3 aromatic rings. The van der Waals surface area contributed by atoms with E-state index in [2.05, 4.69) is 25.1 Å². The molecule has 0 saturated carbocycles. The monoisotopic (exact) mass is 357 g/mol. The molecular weight excluding hydrogens is 342 g/mol. The zero-order chi connectivity index (χ0) is 17.4. The van der Waals surface area contributed by atoms with Crippen molar-refractivity contribution in [1.29, 1.82) is 5.26 Å². The fourth-order valence-electron chi connectivity index (χ4n) is 3.37. The van der Waals surface area contributed by atoms with E-state index in [-0.39, 0.29) is 5.92 Å². The molecule has 1 fully saturated rings. The van der Waals surface area contributed by atoms with Crippen molar-refractivity contribution in [2.75, 3.05) is 18.8 Å². The SMILES string of the molecule is N#CCS(=O)(=O)N1CCCC(c2ncnc3nnc4[nH]ccc4c23)C1. The Morgan fingerprint density at radius 3 is 3.08 bits per heavy atom. The minimum Gasteiger partial charge on any atom is -0.345 e. The van der Waals surface area contributed by atoms with E-state index >= 15 is 0 Å². The molecule has 9 nitrogen and oxygen atoms in total. The van der Waals surface area contributed by atoms with Gasteiger partial charge in [-0.3, -0.25) is 0 Å². The van der Waals surface area contributed by atoms with Crippen molar-refractivity contribution in [2.24, 2.45) is 0 Å². The fraction of sp³-hybridized carbons (Fsp3) is 0.400. The van der Waals surface area contributed by atoms with Crippen molar-refractivity contribution in [3.05, 3.63) is 24.3 Å². The third kappa shape index (κ3) is 2.71. The Labute approximate surface area is 143 Å². The lowest BCUT2D eigenvalue weighted by atomic mass is 9.93. The Morgan fingerprint density at radius 2 is 2.24 bits per heavy atom. The van der Waals surface area contributed by atoms with Gasteiger partial charge in [0.25, 0.3) is 0 Å². The molecule has 25 heavy (non-hydrogen) atoms. The predicted octanol–water partition coefficient (Wildman–Crippen LogP) is 0.934. The van der Waals surface area contributed by atoms with E-state index in [1.54, 1.807) is 12.3 Å². The van der Waals surface area contributed by atoms with Gasteiger partial charge in [0.15, 0.2) is 17.0 Å². The first-order valence-corrected chi connectivity index (χ1v) is 9.50. The first-order chi connectivity index (χ1) is 12.1. The van der Waals surface area contributed by atoms with Gasteiger partial charge in [0.2, 0.25) is 10.0 Å². The molecule has 1 N–H and O–H groups in total. The minimum atomic E-state index is -3.56. The fourth-order valence-corrected chi connectivity index (χ4v) is 4.53. The predicted molar refractivity (Wildman–Crippen MR) is 89.9 cm³/mol. The van der Waals surface area contributed by atoms with Gasteiger partial charge < -0.3 is 4.98 Å². The molecule has 10 heteroatoms. The second kappa shape index (κ2) is 6.02. The molecular formula is C15H15N7O2S. The van der Waals surface area contributed by atoms with Gasteiger partial charge in [0.1, 0.15) is 6.33 Å². The maximum absolute atomic E-state index is 12.2. The summed E-state index contributed by atoms with van der Waals surface area (Å²) in [6, 6.07) is 3.63. The van der Waals surface area contributed by atoms with E-state index in [1.807, 2.05) is 6.07 Å². The van der Waals surface area contributed by atoms with Crippen molar-refractivity contribution in [3.63, 3.8) is 0 Å². The van der Waals surface area contributed by atoms with Crippen LogP contribution in [0.25, 0.3) is 22.1 Å². The summed E-state index contributed by atoms with van der Waals surface area (Å²) in [5.74, 6) is -0.576. The maximum Gasteiger partial charge on any atom is 0.227 e. The van der Waals surface area contributed by atoms with Crippen LogP contribution in [0.3, 0.4) is 0 Å². The molecule has 0 amide bonds. The van der Waals surface area contributed by atoms with E-state index in [4.69, 9.17) is 5.26 Å². The number of hydrogen-bond donors (Lipinski definition) is 1. The summed E-state index contributed by atoms with van der Waals surface area (Å²) in [7, 11) is -3.56. The van der Waals surface area contributed by atoms with Gasteiger partial charge in [-0.25, -0.2) is 22.7 Å². The Hall–Kier alpha value is -2.64. The van der Waals surface area contributed by atoms with Crippen molar-refractivity contribution >= 4 is 32.1 Å². The number of fused-ring (bicyclic) bond motifs is 3. The van der Waals surface area contributed by atoms with Gasteiger partial charge in [-0.05, 0) is 18.9 Å². The van der Waals surface area contributed by atoms with Crippen molar-refractivity contribution in [2.45, 2.75) is 18.8 Å². The Kier molecular flexibility index (Phi) is 3.82. The van der Waals surface area contributed by atoms with E-state index in [9.17, 15) is 8.42 Å². The van der Waals surface area contributed by atoms with Crippen LogP contribution in [-0.2, 0) is 10.0 Å². The smallest absolute Gasteiger partial charge is 0.227 e. The second-order valence-corrected chi connectivity index (χ2v) is 7.98. The number of sulfonamides is 1. The minimum absolute atomic E-state index is 0.0741. The lowest BCUT2D eigenvalue weighted by Crippen LogP contribution is -2.40. The van der Waals surface area contributed by atoms with Gasteiger partial charge in [-0.1, -0.05) is 0 Å². The standard InChI is InChI=1S/C15H15N7O2S/c16-4-7-25(23,24)22-6-1-2-10(8-22)13-12-11-3-5-17-14(11)20-21-15(12)19-9-18-13/h3,5,9-10H,1-2,6-8H2,(H,17,20). The molecule has 3 aromatic heterocycles.